The number of rotatable bonds is 6. The molecule has 0 N–H and O–H groups in total. The second kappa shape index (κ2) is 9.08. The van der Waals surface area contributed by atoms with E-state index in [0.29, 0.717) is 23.6 Å². The molecule has 4 rings (SSSR count). The van der Waals surface area contributed by atoms with Gasteiger partial charge in [-0.25, -0.2) is 4.79 Å². The molecule has 1 fully saturated rings. The number of fused-ring (bicyclic) bond motifs is 1. The third kappa shape index (κ3) is 4.19. The predicted molar refractivity (Wildman–Crippen MR) is 117 cm³/mol. The monoisotopic (exact) mass is 419 g/mol. The molecule has 1 atom stereocenters. The topological polar surface area (TPSA) is 65.1 Å². The van der Waals surface area contributed by atoms with Crippen LogP contribution in [0.2, 0.25) is 0 Å². The molecule has 160 valence electrons. The van der Waals surface area contributed by atoms with Gasteiger partial charge in [0.15, 0.2) is 6.61 Å². The largest absolute Gasteiger partial charge is 0.497 e. The third-order valence-corrected chi connectivity index (χ3v) is 5.71. The van der Waals surface area contributed by atoms with Gasteiger partial charge in [-0.1, -0.05) is 36.4 Å². The zero-order valence-corrected chi connectivity index (χ0v) is 17.7. The summed E-state index contributed by atoms with van der Waals surface area (Å²) in [6, 6.07) is 18.5. The van der Waals surface area contributed by atoms with E-state index < -0.39 is 5.97 Å². The van der Waals surface area contributed by atoms with E-state index in [1.807, 2.05) is 54.6 Å². The molecule has 1 heterocycles. The zero-order valence-electron chi connectivity index (χ0n) is 17.7. The molecular weight excluding hydrogens is 394 g/mol. The van der Waals surface area contributed by atoms with Crippen LogP contribution in [0, 0.1) is 0 Å². The number of methoxy groups -OCH3 is 2. The Kier molecular flexibility index (Phi) is 6.07. The van der Waals surface area contributed by atoms with Gasteiger partial charge >= 0.3 is 5.97 Å². The lowest BCUT2D eigenvalue weighted by atomic mass is 10.0. The van der Waals surface area contributed by atoms with Crippen molar-refractivity contribution in [3.05, 3.63) is 71.8 Å². The van der Waals surface area contributed by atoms with Crippen molar-refractivity contribution in [3.8, 4) is 11.5 Å². The molecule has 0 radical (unpaired) electrons. The van der Waals surface area contributed by atoms with E-state index in [4.69, 9.17) is 14.2 Å². The summed E-state index contributed by atoms with van der Waals surface area (Å²) in [7, 11) is 3.22. The molecule has 1 aliphatic rings. The molecule has 0 spiro atoms. The van der Waals surface area contributed by atoms with Gasteiger partial charge in [0, 0.05) is 12.1 Å². The first-order chi connectivity index (χ1) is 15.1. The average Bonchev–Trinajstić information content (AvgIpc) is 3.31. The van der Waals surface area contributed by atoms with E-state index in [0.717, 1.165) is 29.2 Å². The fourth-order valence-electron chi connectivity index (χ4n) is 4.18. The standard InChI is InChI=1S/C25H25NO5/c1-29-18-12-13-23(30-2)21(15-18)22-11-6-14-26(22)24(27)16-31-25(28)20-10-5-8-17-7-3-4-9-19(17)20/h3-5,7-10,12-13,15,22H,6,11,14,16H2,1-2H3/t22-/m0/s1. The first-order valence-corrected chi connectivity index (χ1v) is 10.3. The molecule has 0 saturated carbocycles. The van der Waals surface area contributed by atoms with Crippen LogP contribution >= 0.6 is 0 Å². The van der Waals surface area contributed by atoms with Crippen molar-refractivity contribution in [2.45, 2.75) is 18.9 Å². The molecule has 6 heteroatoms. The Bertz CT molecular complexity index is 1100. The molecule has 3 aromatic carbocycles. The molecule has 0 bridgehead atoms. The number of carbonyl (C=O) groups excluding carboxylic acids is 2. The maximum Gasteiger partial charge on any atom is 0.339 e. The molecule has 0 aromatic heterocycles. The van der Waals surface area contributed by atoms with Crippen LogP contribution in [0.15, 0.2) is 60.7 Å². The number of carbonyl (C=O) groups is 2. The Balaban J connectivity index is 1.49. The fraction of sp³-hybridized carbons (Fsp3) is 0.280. The molecule has 3 aromatic rings. The number of benzene rings is 3. The van der Waals surface area contributed by atoms with Crippen LogP contribution in [0.25, 0.3) is 10.8 Å². The lowest BCUT2D eigenvalue weighted by Crippen LogP contribution is -2.34. The number of ether oxygens (including phenoxy) is 3. The van der Waals surface area contributed by atoms with Crippen LogP contribution in [0.5, 0.6) is 11.5 Å². The third-order valence-electron chi connectivity index (χ3n) is 5.71. The summed E-state index contributed by atoms with van der Waals surface area (Å²) < 4.78 is 16.3. The summed E-state index contributed by atoms with van der Waals surface area (Å²) in [6.07, 6.45) is 1.68. The Labute approximate surface area is 181 Å². The van der Waals surface area contributed by atoms with Gasteiger partial charge in [0.2, 0.25) is 0 Å². The van der Waals surface area contributed by atoms with Crippen LogP contribution in [-0.4, -0.2) is 44.1 Å². The van der Waals surface area contributed by atoms with E-state index in [1.54, 1.807) is 25.2 Å². The van der Waals surface area contributed by atoms with Crippen LogP contribution in [0.4, 0.5) is 0 Å². The first kappa shape index (κ1) is 20.7. The maximum absolute atomic E-state index is 13.0. The van der Waals surface area contributed by atoms with Gasteiger partial charge in [-0.2, -0.15) is 0 Å². The highest BCUT2D eigenvalue weighted by atomic mass is 16.5. The number of likely N-dealkylation sites (tertiary alicyclic amines) is 1. The van der Waals surface area contributed by atoms with Gasteiger partial charge < -0.3 is 19.1 Å². The highest BCUT2D eigenvalue weighted by molar-refractivity contribution is 6.04. The van der Waals surface area contributed by atoms with Gasteiger partial charge in [0.05, 0.1) is 25.8 Å². The SMILES string of the molecule is COc1ccc(OC)c([C@@H]2CCCN2C(=O)COC(=O)c2cccc3ccccc23)c1. The molecular formula is C25H25NO5. The molecule has 0 unspecified atom stereocenters. The predicted octanol–water partition coefficient (Wildman–Crippen LogP) is 4.38. The molecule has 0 aliphatic carbocycles. The number of nitrogens with zero attached hydrogens (tertiary/aromatic N) is 1. The van der Waals surface area contributed by atoms with Crippen molar-refractivity contribution < 1.29 is 23.8 Å². The van der Waals surface area contributed by atoms with Gasteiger partial charge in [0.25, 0.3) is 5.91 Å². The molecule has 1 aliphatic heterocycles. The minimum atomic E-state index is -0.500. The molecule has 1 saturated heterocycles. The van der Waals surface area contributed by atoms with Crippen molar-refractivity contribution in [3.63, 3.8) is 0 Å². The van der Waals surface area contributed by atoms with E-state index in [9.17, 15) is 9.59 Å². The summed E-state index contributed by atoms with van der Waals surface area (Å²) in [5, 5.41) is 1.76. The maximum atomic E-state index is 13.0. The summed E-state index contributed by atoms with van der Waals surface area (Å²) in [6.45, 7) is 0.306. The Hall–Kier alpha value is -3.54. The van der Waals surface area contributed by atoms with Crippen molar-refractivity contribution in [2.75, 3.05) is 27.4 Å². The second-order valence-electron chi connectivity index (χ2n) is 7.46. The first-order valence-electron chi connectivity index (χ1n) is 10.3. The summed E-state index contributed by atoms with van der Waals surface area (Å²) in [4.78, 5) is 27.4. The van der Waals surface area contributed by atoms with E-state index in [-0.39, 0.29) is 18.6 Å². The highest BCUT2D eigenvalue weighted by Crippen LogP contribution is 2.39. The number of hydrogen-bond acceptors (Lipinski definition) is 5. The van der Waals surface area contributed by atoms with Gasteiger partial charge in [0.1, 0.15) is 11.5 Å². The Morgan fingerprint density at radius 1 is 1.00 bits per heavy atom. The lowest BCUT2D eigenvalue weighted by molar-refractivity contribution is -0.135. The van der Waals surface area contributed by atoms with Crippen molar-refractivity contribution >= 4 is 22.6 Å². The van der Waals surface area contributed by atoms with E-state index >= 15 is 0 Å². The van der Waals surface area contributed by atoms with E-state index in [1.165, 1.54) is 0 Å². The number of amides is 1. The average molecular weight is 419 g/mol. The van der Waals surface area contributed by atoms with Gasteiger partial charge in [-0.3, -0.25) is 4.79 Å². The van der Waals surface area contributed by atoms with Crippen molar-refractivity contribution in [2.24, 2.45) is 0 Å². The summed E-state index contributed by atoms with van der Waals surface area (Å²) in [5.41, 5.74) is 1.35. The fourth-order valence-corrected chi connectivity index (χ4v) is 4.18. The smallest absolute Gasteiger partial charge is 0.339 e. The second-order valence-corrected chi connectivity index (χ2v) is 7.46. The Morgan fingerprint density at radius 3 is 2.61 bits per heavy atom. The molecule has 1 amide bonds. The summed E-state index contributed by atoms with van der Waals surface area (Å²) >= 11 is 0. The number of hydrogen-bond donors (Lipinski definition) is 0. The molecule has 6 nitrogen and oxygen atoms in total. The van der Waals surface area contributed by atoms with Crippen LogP contribution in [0.1, 0.15) is 34.8 Å². The number of esters is 1. The minimum Gasteiger partial charge on any atom is -0.497 e. The molecule has 31 heavy (non-hydrogen) atoms. The zero-order chi connectivity index (χ0) is 21.8. The van der Waals surface area contributed by atoms with Crippen molar-refractivity contribution in [1.82, 2.24) is 4.90 Å². The normalized spacial score (nSPS) is 15.7. The van der Waals surface area contributed by atoms with Crippen molar-refractivity contribution in [1.29, 1.82) is 0 Å². The van der Waals surface area contributed by atoms with E-state index in [2.05, 4.69) is 0 Å². The minimum absolute atomic E-state index is 0.145. The van der Waals surface area contributed by atoms with Gasteiger partial charge in [-0.05, 0) is 47.9 Å². The van der Waals surface area contributed by atoms with Crippen LogP contribution in [0.3, 0.4) is 0 Å². The lowest BCUT2D eigenvalue weighted by Gasteiger charge is -2.26. The quantitative estimate of drug-likeness (QED) is 0.555. The van der Waals surface area contributed by atoms with Gasteiger partial charge in [-0.15, -0.1) is 0 Å². The van der Waals surface area contributed by atoms with Crippen LogP contribution in [-0.2, 0) is 9.53 Å². The summed E-state index contributed by atoms with van der Waals surface area (Å²) in [5.74, 6) is 0.691. The van der Waals surface area contributed by atoms with Crippen LogP contribution < -0.4 is 9.47 Å². The highest BCUT2D eigenvalue weighted by Gasteiger charge is 2.32. The Morgan fingerprint density at radius 2 is 1.81 bits per heavy atom.